The Morgan fingerprint density at radius 1 is 1.12 bits per heavy atom. The minimum atomic E-state index is -0.177. The highest BCUT2D eigenvalue weighted by atomic mass is 35.5. The fraction of sp³-hybridized carbons (Fsp3) is 0.381. The summed E-state index contributed by atoms with van der Waals surface area (Å²) in [5.74, 6) is 0.876. The highest BCUT2D eigenvalue weighted by Gasteiger charge is 2.12. The molecule has 0 unspecified atom stereocenters. The molecule has 2 aromatic carbocycles. The van der Waals surface area contributed by atoms with E-state index in [2.05, 4.69) is 16.4 Å². The fourth-order valence-corrected chi connectivity index (χ4v) is 3.46. The Morgan fingerprint density at radius 2 is 1.88 bits per heavy atom. The first kappa shape index (κ1) is 18.9. The third-order valence-corrected chi connectivity index (χ3v) is 4.93. The minimum Gasteiger partial charge on any atom is -0.330 e. The topological polar surface area (TPSA) is 21.1 Å². The van der Waals surface area contributed by atoms with Crippen LogP contribution >= 0.6 is 11.6 Å². The summed E-state index contributed by atoms with van der Waals surface area (Å²) in [6, 6.07) is 12.6. The second kappa shape index (κ2) is 8.65. The summed E-state index contributed by atoms with van der Waals surface area (Å²) < 4.78 is 15.1. The van der Waals surface area contributed by atoms with Gasteiger partial charge in [-0.1, -0.05) is 30.7 Å². The van der Waals surface area contributed by atoms with E-state index < -0.39 is 0 Å². The van der Waals surface area contributed by atoms with Gasteiger partial charge in [0.05, 0.1) is 17.6 Å². The van der Waals surface area contributed by atoms with E-state index in [1.165, 1.54) is 17.7 Å². The molecule has 3 aromatic rings. The highest BCUT2D eigenvalue weighted by Crippen LogP contribution is 2.20. The summed E-state index contributed by atoms with van der Waals surface area (Å²) in [5.41, 5.74) is 3.23. The molecule has 0 aliphatic rings. The lowest BCUT2D eigenvalue weighted by Crippen LogP contribution is -2.27. The quantitative estimate of drug-likeness (QED) is 0.540. The lowest BCUT2D eigenvalue weighted by Gasteiger charge is -2.21. The van der Waals surface area contributed by atoms with Crippen molar-refractivity contribution < 1.29 is 4.39 Å². The second-order valence-electron chi connectivity index (χ2n) is 6.73. The van der Waals surface area contributed by atoms with Crippen LogP contribution in [-0.4, -0.2) is 27.5 Å². The van der Waals surface area contributed by atoms with Crippen molar-refractivity contribution in [3.63, 3.8) is 0 Å². The molecule has 0 fully saturated rings. The van der Waals surface area contributed by atoms with Crippen LogP contribution in [0.4, 0.5) is 4.39 Å². The summed E-state index contributed by atoms with van der Waals surface area (Å²) in [6.45, 7) is 5.05. The number of aromatic nitrogens is 2. The van der Waals surface area contributed by atoms with Gasteiger partial charge in [-0.25, -0.2) is 9.37 Å². The Balaban J connectivity index is 1.64. The molecule has 0 aliphatic carbocycles. The lowest BCUT2D eigenvalue weighted by atomic mass is 10.1. The number of nitrogens with zero attached hydrogens (tertiary/aromatic N) is 3. The van der Waals surface area contributed by atoms with Crippen LogP contribution in [0.5, 0.6) is 0 Å². The molecule has 26 heavy (non-hydrogen) atoms. The van der Waals surface area contributed by atoms with E-state index >= 15 is 0 Å². The Bertz CT molecular complexity index is 858. The summed E-state index contributed by atoms with van der Waals surface area (Å²) >= 11 is 6.12. The molecule has 0 spiro atoms. The molecule has 138 valence electrons. The molecule has 0 N–H and O–H groups in total. The van der Waals surface area contributed by atoms with Gasteiger partial charge in [-0.2, -0.15) is 0 Å². The van der Waals surface area contributed by atoms with Crippen molar-refractivity contribution in [2.24, 2.45) is 7.05 Å². The zero-order chi connectivity index (χ0) is 18.5. The van der Waals surface area contributed by atoms with Gasteiger partial charge in [0, 0.05) is 12.1 Å². The molecule has 0 aliphatic heterocycles. The molecule has 0 amide bonds. The number of halogens is 2. The molecule has 3 rings (SSSR count). The van der Waals surface area contributed by atoms with Gasteiger partial charge in [0.2, 0.25) is 0 Å². The number of hydrogen-bond donors (Lipinski definition) is 0. The zero-order valence-corrected chi connectivity index (χ0v) is 16.1. The van der Waals surface area contributed by atoms with E-state index in [1.54, 1.807) is 0 Å². The Hall–Kier alpha value is -1.91. The van der Waals surface area contributed by atoms with E-state index in [0.717, 1.165) is 60.8 Å². The van der Waals surface area contributed by atoms with Crippen molar-refractivity contribution in [1.29, 1.82) is 0 Å². The van der Waals surface area contributed by atoms with Crippen molar-refractivity contribution in [2.75, 3.05) is 13.1 Å². The first-order valence-corrected chi connectivity index (χ1v) is 9.52. The maximum absolute atomic E-state index is 13.0. The highest BCUT2D eigenvalue weighted by molar-refractivity contribution is 6.31. The third kappa shape index (κ3) is 4.63. The standard InChI is InChI=1S/C21H25ClFN3/c1-3-12-26(13-4-5-16-6-9-18(23)10-7-16)15-21-24-19-11-8-17(22)14-20(19)25(21)2/h6-11,14H,3-5,12-13,15H2,1-2H3. The Morgan fingerprint density at radius 3 is 2.62 bits per heavy atom. The van der Waals surface area contributed by atoms with Gasteiger partial charge in [0.15, 0.2) is 0 Å². The van der Waals surface area contributed by atoms with Gasteiger partial charge in [-0.05, 0) is 68.2 Å². The predicted octanol–water partition coefficient (Wildman–Crippen LogP) is 5.21. The molecule has 0 radical (unpaired) electrons. The van der Waals surface area contributed by atoms with Crippen molar-refractivity contribution >= 4 is 22.6 Å². The van der Waals surface area contributed by atoms with E-state index in [4.69, 9.17) is 16.6 Å². The largest absolute Gasteiger partial charge is 0.330 e. The van der Waals surface area contributed by atoms with Crippen LogP contribution in [0.25, 0.3) is 11.0 Å². The SMILES string of the molecule is CCCN(CCCc1ccc(F)cc1)Cc1nc2ccc(Cl)cc2n1C. The molecule has 0 saturated heterocycles. The van der Waals surface area contributed by atoms with Crippen LogP contribution in [0.1, 0.15) is 31.2 Å². The second-order valence-corrected chi connectivity index (χ2v) is 7.16. The molecule has 1 aromatic heterocycles. The number of fused-ring (bicyclic) bond motifs is 1. The van der Waals surface area contributed by atoms with E-state index in [-0.39, 0.29) is 5.82 Å². The lowest BCUT2D eigenvalue weighted by molar-refractivity contribution is 0.254. The number of benzene rings is 2. The van der Waals surface area contributed by atoms with E-state index in [0.29, 0.717) is 0 Å². The maximum atomic E-state index is 13.0. The summed E-state index contributed by atoms with van der Waals surface area (Å²) in [6.07, 6.45) is 3.10. The Kier molecular flexibility index (Phi) is 6.28. The Labute approximate surface area is 159 Å². The van der Waals surface area contributed by atoms with Gasteiger partial charge in [0.25, 0.3) is 0 Å². The molecule has 1 heterocycles. The van der Waals surface area contributed by atoms with Crippen LogP contribution < -0.4 is 0 Å². The van der Waals surface area contributed by atoms with Crippen LogP contribution in [0.3, 0.4) is 0 Å². The first-order valence-electron chi connectivity index (χ1n) is 9.14. The van der Waals surface area contributed by atoms with E-state index in [9.17, 15) is 4.39 Å². The molecular weight excluding hydrogens is 349 g/mol. The molecule has 0 saturated carbocycles. The summed E-state index contributed by atoms with van der Waals surface area (Å²) in [4.78, 5) is 7.21. The van der Waals surface area contributed by atoms with Gasteiger partial charge in [-0.3, -0.25) is 4.90 Å². The molecule has 5 heteroatoms. The predicted molar refractivity (Wildman–Crippen MR) is 106 cm³/mol. The van der Waals surface area contributed by atoms with Crippen LogP contribution in [0.2, 0.25) is 5.02 Å². The van der Waals surface area contributed by atoms with Gasteiger partial charge in [-0.15, -0.1) is 0 Å². The van der Waals surface area contributed by atoms with Gasteiger partial charge < -0.3 is 4.57 Å². The molecule has 0 atom stereocenters. The monoisotopic (exact) mass is 373 g/mol. The van der Waals surface area contributed by atoms with Crippen molar-refractivity contribution in [1.82, 2.24) is 14.5 Å². The maximum Gasteiger partial charge on any atom is 0.123 e. The van der Waals surface area contributed by atoms with Crippen LogP contribution in [-0.2, 0) is 20.0 Å². The van der Waals surface area contributed by atoms with Crippen molar-refractivity contribution in [3.8, 4) is 0 Å². The molecular formula is C21H25ClFN3. The van der Waals surface area contributed by atoms with Crippen molar-refractivity contribution in [3.05, 3.63) is 64.7 Å². The van der Waals surface area contributed by atoms with Crippen molar-refractivity contribution in [2.45, 2.75) is 32.7 Å². The average molecular weight is 374 g/mol. The smallest absolute Gasteiger partial charge is 0.123 e. The van der Waals surface area contributed by atoms with Crippen LogP contribution in [0.15, 0.2) is 42.5 Å². The summed E-state index contributed by atoms with van der Waals surface area (Å²) in [5, 5.41) is 0.733. The van der Waals surface area contributed by atoms with Gasteiger partial charge >= 0.3 is 0 Å². The number of hydrogen-bond acceptors (Lipinski definition) is 2. The number of imidazole rings is 1. The fourth-order valence-electron chi connectivity index (χ4n) is 3.30. The first-order chi connectivity index (χ1) is 12.6. The minimum absolute atomic E-state index is 0.177. The van der Waals surface area contributed by atoms with Gasteiger partial charge in [0.1, 0.15) is 11.6 Å². The number of rotatable bonds is 8. The van der Waals surface area contributed by atoms with E-state index in [1.807, 2.05) is 37.4 Å². The van der Waals surface area contributed by atoms with Crippen LogP contribution in [0, 0.1) is 5.82 Å². The number of aryl methyl sites for hydroxylation is 2. The summed E-state index contributed by atoms with van der Waals surface area (Å²) in [7, 11) is 2.05. The molecule has 0 bridgehead atoms. The normalized spacial score (nSPS) is 11.6. The zero-order valence-electron chi connectivity index (χ0n) is 15.4. The molecule has 3 nitrogen and oxygen atoms in total. The average Bonchev–Trinajstić information content (AvgIpc) is 2.92. The third-order valence-electron chi connectivity index (χ3n) is 4.69.